The van der Waals surface area contributed by atoms with E-state index in [0.29, 0.717) is 6.54 Å². The van der Waals surface area contributed by atoms with E-state index in [4.69, 9.17) is 11.6 Å². The molecule has 0 aliphatic carbocycles. The molecule has 0 saturated heterocycles. The zero-order valence-electron chi connectivity index (χ0n) is 5.94. The Hall–Kier alpha value is -1.49. The zero-order valence-corrected chi connectivity index (χ0v) is 5.94. The van der Waals surface area contributed by atoms with E-state index >= 15 is 0 Å². The van der Waals surface area contributed by atoms with E-state index in [1.807, 2.05) is 4.57 Å². The topological polar surface area (TPSA) is 73.1 Å². The Balaban J connectivity index is 2.45. The molecule has 5 heteroatoms. The van der Waals surface area contributed by atoms with Gasteiger partial charge in [0.1, 0.15) is 5.82 Å². The first-order chi connectivity index (χ1) is 5.27. The number of rotatable bonds is 0. The molecule has 5 nitrogen and oxygen atoms in total. The van der Waals surface area contributed by atoms with E-state index in [1.165, 1.54) is 5.01 Å². The van der Waals surface area contributed by atoms with Gasteiger partial charge in [-0.2, -0.15) is 0 Å². The van der Waals surface area contributed by atoms with Crippen LogP contribution in [0.2, 0.25) is 0 Å². The number of fused-ring (bicyclic) bond motifs is 1. The van der Waals surface area contributed by atoms with Crippen molar-refractivity contribution in [3.63, 3.8) is 0 Å². The van der Waals surface area contributed by atoms with Gasteiger partial charge < -0.3 is 10.3 Å². The highest BCUT2D eigenvalue weighted by atomic mass is 15.5. The molecular formula is C6H9N5. The first kappa shape index (κ1) is 6.23. The average Bonchev–Trinajstić information content (AvgIpc) is 2.34. The van der Waals surface area contributed by atoms with Gasteiger partial charge in [-0.25, -0.2) is 10.8 Å². The molecule has 0 saturated carbocycles. The minimum absolute atomic E-state index is 0.670. The molecule has 0 radical (unpaired) electrons. The van der Waals surface area contributed by atoms with Gasteiger partial charge >= 0.3 is 0 Å². The van der Waals surface area contributed by atoms with Crippen LogP contribution in [0.4, 0.5) is 5.82 Å². The highest BCUT2D eigenvalue weighted by Crippen LogP contribution is 2.16. The van der Waals surface area contributed by atoms with Crippen LogP contribution in [0.1, 0.15) is 0 Å². The summed E-state index contributed by atoms with van der Waals surface area (Å²) in [6.07, 6.45) is 5.09. The maximum absolute atomic E-state index is 5.60. The van der Waals surface area contributed by atoms with E-state index < -0.39 is 0 Å². The van der Waals surface area contributed by atoms with Crippen LogP contribution >= 0.6 is 0 Å². The number of hydrogen-bond acceptors (Lipinski definition) is 4. The van der Waals surface area contributed by atoms with Crippen molar-refractivity contribution in [2.24, 2.45) is 11.6 Å². The molecule has 4 N–H and O–H groups in total. The second kappa shape index (κ2) is 2.00. The highest BCUT2D eigenvalue weighted by Gasteiger charge is 2.11. The molecule has 0 unspecified atom stereocenters. The summed E-state index contributed by atoms with van der Waals surface area (Å²) >= 11 is 0. The number of anilines is 1. The molecule has 0 spiro atoms. The molecular weight excluding hydrogens is 142 g/mol. The Labute approximate surface area is 63.9 Å². The van der Waals surface area contributed by atoms with Gasteiger partial charge in [-0.1, -0.05) is 0 Å². The molecule has 2 heterocycles. The summed E-state index contributed by atoms with van der Waals surface area (Å²) in [4.78, 5) is 3.94. The maximum atomic E-state index is 5.60. The number of nitrogens with two attached hydrogens (primary N) is 2. The molecule has 58 valence electrons. The van der Waals surface area contributed by atoms with Gasteiger partial charge in [0.15, 0.2) is 0 Å². The summed E-state index contributed by atoms with van der Waals surface area (Å²) in [5.74, 6) is 6.46. The Kier molecular flexibility index (Phi) is 1.13. The van der Waals surface area contributed by atoms with Crippen molar-refractivity contribution in [3.05, 3.63) is 24.4 Å². The molecule has 0 bridgehead atoms. The molecule has 2 rings (SSSR count). The monoisotopic (exact) mass is 151 g/mol. The smallest absolute Gasteiger partial charge is 0.147 e. The number of nitrogens with zero attached hydrogens (tertiary/aromatic N) is 3. The fourth-order valence-corrected chi connectivity index (χ4v) is 1.13. The molecule has 1 aromatic heterocycles. The lowest BCUT2D eigenvalue weighted by Gasteiger charge is -2.21. The van der Waals surface area contributed by atoms with Crippen molar-refractivity contribution < 1.29 is 0 Å². The van der Waals surface area contributed by atoms with Crippen molar-refractivity contribution in [2.75, 3.05) is 5.01 Å². The van der Waals surface area contributed by atoms with Crippen molar-refractivity contribution in [1.82, 2.24) is 9.55 Å². The average molecular weight is 151 g/mol. The van der Waals surface area contributed by atoms with Crippen LogP contribution in [0.15, 0.2) is 24.4 Å². The maximum Gasteiger partial charge on any atom is 0.147 e. The van der Waals surface area contributed by atoms with Gasteiger partial charge in [0.2, 0.25) is 0 Å². The molecule has 1 aliphatic heterocycles. The van der Waals surface area contributed by atoms with Gasteiger partial charge in [-0.15, -0.1) is 0 Å². The van der Waals surface area contributed by atoms with E-state index in [0.717, 1.165) is 11.5 Å². The SMILES string of the molecule is NC1=CN(N)c2cncn2C1. The molecule has 0 amide bonds. The van der Waals surface area contributed by atoms with E-state index in [9.17, 15) is 0 Å². The standard InChI is InChI=1S/C6H9N5/c7-5-2-10-4-9-1-6(10)11(8)3-5/h1,3-4H,2,7-8H2. The third-order valence-electron chi connectivity index (χ3n) is 1.61. The van der Waals surface area contributed by atoms with Crippen molar-refractivity contribution in [3.8, 4) is 0 Å². The van der Waals surface area contributed by atoms with Crippen LogP contribution in [0, 0.1) is 0 Å². The Morgan fingerprint density at radius 1 is 1.55 bits per heavy atom. The summed E-state index contributed by atoms with van der Waals surface area (Å²) < 4.78 is 1.88. The molecule has 1 aliphatic rings. The number of imidazole rings is 1. The highest BCUT2D eigenvalue weighted by molar-refractivity contribution is 5.42. The van der Waals surface area contributed by atoms with Crippen LogP contribution in [0.25, 0.3) is 0 Å². The summed E-state index contributed by atoms with van der Waals surface area (Å²) in [7, 11) is 0. The van der Waals surface area contributed by atoms with Gasteiger partial charge in [0, 0.05) is 11.9 Å². The summed E-state index contributed by atoms with van der Waals surface area (Å²) in [6, 6.07) is 0. The fraction of sp³-hybridized carbons (Fsp3) is 0.167. The predicted molar refractivity (Wildman–Crippen MR) is 41.2 cm³/mol. The lowest BCUT2D eigenvalue weighted by atomic mass is 10.4. The quantitative estimate of drug-likeness (QED) is 0.484. The number of hydrogen-bond donors (Lipinski definition) is 2. The summed E-state index contributed by atoms with van der Waals surface area (Å²) in [6.45, 7) is 0.670. The van der Waals surface area contributed by atoms with E-state index in [-0.39, 0.29) is 0 Å². The van der Waals surface area contributed by atoms with E-state index in [1.54, 1.807) is 18.7 Å². The molecule has 0 fully saturated rings. The third kappa shape index (κ3) is 0.857. The molecule has 11 heavy (non-hydrogen) atoms. The second-order valence-corrected chi connectivity index (χ2v) is 2.49. The Bertz CT molecular complexity index is 300. The number of aromatic nitrogens is 2. The summed E-state index contributed by atoms with van der Waals surface area (Å²) in [5, 5.41) is 1.46. The summed E-state index contributed by atoms with van der Waals surface area (Å²) in [5.41, 5.74) is 6.32. The zero-order chi connectivity index (χ0) is 7.84. The normalized spacial score (nSPS) is 16.1. The largest absolute Gasteiger partial charge is 0.399 e. The Morgan fingerprint density at radius 3 is 3.18 bits per heavy atom. The lowest BCUT2D eigenvalue weighted by Crippen LogP contribution is -2.32. The number of hydrazine groups is 1. The Morgan fingerprint density at radius 2 is 2.36 bits per heavy atom. The van der Waals surface area contributed by atoms with Crippen LogP contribution in [-0.2, 0) is 6.54 Å². The lowest BCUT2D eigenvalue weighted by molar-refractivity contribution is 0.725. The second-order valence-electron chi connectivity index (χ2n) is 2.49. The minimum Gasteiger partial charge on any atom is -0.399 e. The molecule has 0 aromatic carbocycles. The van der Waals surface area contributed by atoms with Crippen LogP contribution < -0.4 is 16.6 Å². The first-order valence-electron chi connectivity index (χ1n) is 3.27. The fourth-order valence-electron chi connectivity index (χ4n) is 1.13. The third-order valence-corrected chi connectivity index (χ3v) is 1.61. The van der Waals surface area contributed by atoms with E-state index in [2.05, 4.69) is 4.98 Å². The first-order valence-corrected chi connectivity index (χ1v) is 3.27. The van der Waals surface area contributed by atoms with Crippen molar-refractivity contribution in [2.45, 2.75) is 6.54 Å². The number of allylic oxidation sites excluding steroid dienone is 1. The van der Waals surface area contributed by atoms with Crippen LogP contribution in [0.5, 0.6) is 0 Å². The van der Waals surface area contributed by atoms with Gasteiger partial charge in [-0.05, 0) is 0 Å². The van der Waals surface area contributed by atoms with Crippen molar-refractivity contribution >= 4 is 5.82 Å². The van der Waals surface area contributed by atoms with Crippen molar-refractivity contribution in [1.29, 1.82) is 0 Å². The van der Waals surface area contributed by atoms with Gasteiger partial charge in [0.25, 0.3) is 0 Å². The predicted octanol–water partition coefficient (Wildman–Crippen LogP) is -0.623. The van der Waals surface area contributed by atoms with Crippen LogP contribution in [0.3, 0.4) is 0 Å². The minimum atomic E-state index is 0.670. The van der Waals surface area contributed by atoms with Gasteiger partial charge in [0.05, 0.1) is 19.1 Å². The van der Waals surface area contributed by atoms with Crippen LogP contribution in [-0.4, -0.2) is 9.55 Å². The molecule has 1 aromatic rings. The molecule has 0 atom stereocenters. The van der Waals surface area contributed by atoms with Gasteiger partial charge in [-0.3, -0.25) is 5.01 Å².